The SMILES string of the molecule is C=CC(=O)OCC(C)OC(C)=O. The van der Waals surface area contributed by atoms with Crippen molar-refractivity contribution >= 4 is 11.9 Å². The van der Waals surface area contributed by atoms with Crippen LogP contribution in [0.1, 0.15) is 13.8 Å². The van der Waals surface area contributed by atoms with Crippen molar-refractivity contribution in [2.45, 2.75) is 20.0 Å². The van der Waals surface area contributed by atoms with Gasteiger partial charge < -0.3 is 9.47 Å². The van der Waals surface area contributed by atoms with Gasteiger partial charge >= 0.3 is 11.9 Å². The van der Waals surface area contributed by atoms with E-state index in [2.05, 4.69) is 11.3 Å². The third kappa shape index (κ3) is 5.46. The molecule has 0 aliphatic heterocycles. The normalized spacial score (nSPS) is 11.5. The van der Waals surface area contributed by atoms with Gasteiger partial charge in [-0.15, -0.1) is 0 Å². The average Bonchev–Trinajstić information content (AvgIpc) is 1.99. The number of hydrogen-bond acceptors (Lipinski definition) is 4. The molecule has 0 fully saturated rings. The zero-order valence-corrected chi connectivity index (χ0v) is 7.20. The van der Waals surface area contributed by atoms with Crippen LogP contribution in [-0.4, -0.2) is 24.6 Å². The zero-order chi connectivity index (χ0) is 9.56. The molecule has 4 nitrogen and oxygen atoms in total. The van der Waals surface area contributed by atoms with Crippen LogP contribution in [0, 0.1) is 0 Å². The number of ether oxygens (including phenoxy) is 2. The van der Waals surface area contributed by atoms with Gasteiger partial charge in [0.2, 0.25) is 0 Å². The van der Waals surface area contributed by atoms with Crippen molar-refractivity contribution in [3.8, 4) is 0 Å². The lowest BCUT2D eigenvalue weighted by atomic mass is 10.4. The minimum atomic E-state index is -0.519. The molecule has 0 heterocycles. The average molecular weight is 172 g/mol. The first-order valence-electron chi connectivity index (χ1n) is 3.52. The van der Waals surface area contributed by atoms with Crippen LogP contribution in [0.3, 0.4) is 0 Å². The number of carbonyl (C=O) groups is 2. The fourth-order valence-corrected chi connectivity index (χ4v) is 0.576. The topological polar surface area (TPSA) is 52.6 Å². The summed E-state index contributed by atoms with van der Waals surface area (Å²) in [7, 11) is 0. The van der Waals surface area contributed by atoms with E-state index in [4.69, 9.17) is 4.74 Å². The van der Waals surface area contributed by atoms with E-state index < -0.39 is 18.0 Å². The van der Waals surface area contributed by atoms with Gasteiger partial charge in [-0.3, -0.25) is 4.79 Å². The summed E-state index contributed by atoms with van der Waals surface area (Å²) in [5, 5.41) is 0. The Bertz CT molecular complexity index is 185. The Kier molecular flexibility index (Phi) is 4.76. The van der Waals surface area contributed by atoms with E-state index in [1.54, 1.807) is 6.92 Å². The van der Waals surface area contributed by atoms with Crippen molar-refractivity contribution in [1.29, 1.82) is 0 Å². The van der Waals surface area contributed by atoms with Crippen LogP contribution in [0.15, 0.2) is 12.7 Å². The Morgan fingerprint density at radius 3 is 2.58 bits per heavy atom. The second kappa shape index (κ2) is 5.35. The number of rotatable bonds is 4. The van der Waals surface area contributed by atoms with Crippen molar-refractivity contribution in [2.24, 2.45) is 0 Å². The van der Waals surface area contributed by atoms with E-state index in [0.717, 1.165) is 6.08 Å². The van der Waals surface area contributed by atoms with Crippen molar-refractivity contribution in [1.82, 2.24) is 0 Å². The third-order valence-corrected chi connectivity index (χ3v) is 0.994. The summed E-state index contributed by atoms with van der Waals surface area (Å²) < 4.78 is 9.31. The van der Waals surface area contributed by atoms with Crippen LogP contribution >= 0.6 is 0 Å². The van der Waals surface area contributed by atoms with Gasteiger partial charge in [0.25, 0.3) is 0 Å². The molecule has 0 spiro atoms. The fourth-order valence-electron chi connectivity index (χ4n) is 0.576. The summed E-state index contributed by atoms with van der Waals surface area (Å²) >= 11 is 0. The smallest absolute Gasteiger partial charge is 0.330 e. The largest absolute Gasteiger partial charge is 0.459 e. The van der Waals surface area contributed by atoms with Crippen LogP contribution in [-0.2, 0) is 19.1 Å². The van der Waals surface area contributed by atoms with Gasteiger partial charge in [-0.05, 0) is 6.92 Å². The molecule has 0 aromatic rings. The number of esters is 2. The monoisotopic (exact) mass is 172 g/mol. The molecule has 0 saturated heterocycles. The van der Waals surface area contributed by atoms with Crippen LogP contribution in [0.4, 0.5) is 0 Å². The van der Waals surface area contributed by atoms with Crippen molar-refractivity contribution in [2.75, 3.05) is 6.61 Å². The Morgan fingerprint density at radius 2 is 2.17 bits per heavy atom. The lowest BCUT2D eigenvalue weighted by Gasteiger charge is -2.10. The maximum Gasteiger partial charge on any atom is 0.330 e. The lowest BCUT2D eigenvalue weighted by molar-refractivity contribution is -0.153. The summed E-state index contributed by atoms with van der Waals surface area (Å²) in [6, 6.07) is 0. The molecule has 0 amide bonds. The third-order valence-electron chi connectivity index (χ3n) is 0.994. The molecule has 0 bridgehead atoms. The zero-order valence-electron chi connectivity index (χ0n) is 7.20. The molecular weight excluding hydrogens is 160 g/mol. The highest BCUT2D eigenvalue weighted by Crippen LogP contribution is 1.93. The highest BCUT2D eigenvalue weighted by Gasteiger charge is 2.06. The quantitative estimate of drug-likeness (QED) is 0.462. The molecule has 0 radical (unpaired) electrons. The van der Waals surface area contributed by atoms with Crippen molar-refractivity contribution < 1.29 is 19.1 Å². The predicted octanol–water partition coefficient (Wildman–Crippen LogP) is 0.667. The molecule has 68 valence electrons. The van der Waals surface area contributed by atoms with E-state index >= 15 is 0 Å². The molecule has 0 rings (SSSR count). The molecule has 0 aliphatic carbocycles. The Hall–Kier alpha value is -1.32. The second-order valence-electron chi connectivity index (χ2n) is 2.25. The van der Waals surface area contributed by atoms with Gasteiger partial charge in [0.1, 0.15) is 12.7 Å². The number of carbonyl (C=O) groups excluding carboxylic acids is 2. The van der Waals surface area contributed by atoms with Gasteiger partial charge in [0.05, 0.1) is 0 Å². The highest BCUT2D eigenvalue weighted by molar-refractivity contribution is 5.81. The van der Waals surface area contributed by atoms with Crippen LogP contribution in [0.5, 0.6) is 0 Å². The van der Waals surface area contributed by atoms with Crippen LogP contribution in [0.2, 0.25) is 0 Å². The lowest BCUT2D eigenvalue weighted by Crippen LogP contribution is -2.20. The molecule has 12 heavy (non-hydrogen) atoms. The van der Waals surface area contributed by atoms with E-state index in [1.807, 2.05) is 0 Å². The van der Waals surface area contributed by atoms with Crippen LogP contribution in [0.25, 0.3) is 0 Å². The minimum Gasteiger partial charge on any atom is -0.459 e. The molecular formula is C8H12O4. The second-order valence-corrected chi connectivity index (χ2v) is 2.25. The summed E-state index contributed by atoms with van der Waals surface area (Å²) in [6.45, 7) is 6.21. The molecule has 0 aromatic carbocycles. The molecule has 0 N–H and O–H groups in total. The Balaban J connectivity index is 3.56. The van der Waals surface area contributed by atoms with E-state index in [9.17, 15) is 9.59 Å². The standard InChI is InChI=1S/C8H12O4/c1-4-8(10)11-5-6(2)12-7(3)9/h4,6H,1,5H2,2-3H3. The molecule has 0 aromatic heterocycles. The van der Waals surface area contributed by atoms with E-state index in [-0.39, 0.29) is 6.61 Å². The van der Waals surface area contributed by atoms with Crippen LogP contribution < -0.4 is 0 Å². The minimum absolute atomic E-state index is 0.0600. The van der Waals surface area contributed by atoms with E-state index in [0.29, 0.717) is 0 Å². The highest BCUT2D eigenvalue weighted by atomic mass is 16.6. The Labute approximate surface area is 71.2 Å². The maximum atomic E-state index is 10.5. The molecule has 0 aliphatic rings. The summed E-state index contributed by atoms with van der Waals surface area (Å²) in [4.78, 5) is 20.9. The first-order chi connectivity index (χ1) is 5.56. The first-order valence-corrected chi connectivity index (χ1v) is 3.52. The summed E-state index contributed by atoms with van der Waals surface area (Å²) in [6.07, 6.45) is 0.645. The summed E-state index contributed by atoms with van der Waals surface area (Å²) in [5.41, 5.74) is 0. The van der Waals surface area contributed by atoms with Gasteiger partial charge in [-0.25, -0.2) is 4.79 Å². The van der Waals surface area contributed by atoms with E-state index in [1.165, 1.54) is 6.92 Å². The molecule has 1 atom stereocenters. The van der Waals surface area contributed by atoms with Crippen molar-refractivity contribution in [3.63, 3.8) is 0 Å². The predicted molar refractivity (Wildman–Crippen MR) is 42.4 cm³/mol. The van der Waals surface area contributed by atoms with Gasteiger partial charge in [0.15, 0.2) is 0 Å². The number of hydrogen-bond donors (Lipinski definition) is 0. The van der Waals surface area contributed by atoms with Gasteiger partial charge in [-0.2, -0.15) is 0 Å². The molecule has 4 heteroatoms. The van der Waals surface area contributed by atoms with Crippen molar-refractivity contribution in [3.05, 3.63) is 12.7 Å². The fraction of sp³-hybridized carbons (Fsp3) is 0.500. The summed E-state index contributed by atoms with van der Waals surface area (Å²) in [5.74, 6) is -0.911. The Morgan fingerprint density at radius 1 is 1.58 bits per heavy atom. The molecule has 0 saturated carbocycles. The first kappa shape index (κ1) is 10.7. The molecule has 1 unspecified atom stereocenters. The van der Waals surface area contributed by atoms with Gasteiger partial charge in [0, 0.05) is 13.0 Å². The van der Waals surface area contributed by atoms with Gasteiger partial charge in [-0.1, -0.05) is 6.58 Å². The maximum absolute atomic E-state index is 10.5.